The maximum atomic E-state index is 13.6. The molecule has 0 unspecified atom stereocenters. The molecular weight excluding hydrogens is 376 g/mol. The smallest absolute Gasteiger partial charge is 0.351 e. The van der Waals surface area contributed by atoms with Gasteiger partial charge >= 0.3 is 5.97 Å². The molecule has 0 atom stereocenters. The molecule has 5 nitrogen and oxygen atoms in total. The molecule has 0 fully saturated rings. The number of rotatable bonds is 5. The Kier molecular flexibility index (Phi) is 5.76. The summed E-state index contributed by atoms with van der Waals surface area (Å²) in [7, 11) is -3.25. The molecule has 132 valence electrons. The average molecular weight is 388 g/mol. The largest absolute Gasteiger partial charge is 0.465 e. The van der Waals surface area contributed by atoms with Gasteiger partial charge in [-0.05, 0) is 36.4 Å². The Labute approximate surface area is 147 Å². The van der Waals surface area contributed by atoms with Crippen LogP contribution in [0.2, 0.25) is 5.02 Å². The number of ether oxygens (including phenoxy) is 1. The number of sulfone groups is 1. The number of hydrogen-bond donors (Lipinski definition) is 1. The highest BCUT2D eigenvalue weighted by atomic mass is 35.5. The lowest BCUT2D eigenvalue weighted by Crippen LogP contribution is -2.17. The quantitative estimate of drug-likeness (QED) is 0.627. The zero-order valence-electron chi connectivity index (χ0n) is 12.8. The monoisotopic (exact) mass is 387 g/mol. The molecule has 1 N–H and O–H groups in total. The second-order valence-electron chi connectivity index (χ2n) is 4.73. The molecule has 0 heterocycles. The van der Waals surface area contributed by atoms with Crippen molar-refractivity contribution in [3.63, 3.8) is 0 Å². The lowest BCUT2D eigenvalue weighted by Gasteiger charge is -2.09. The van der Waals surface area contributed by atoms with Crippen LogP contribution in [0.15, 0.2) is 58.5 Å². The van der Waals surface area contributed by atoms with Gasteiger partial charge in [0.05, 0.1) is 17.7 Å². The standard InChI is InChI=1S/C16H12ClF2NO4S/c1-24-16(21)15(9-20-14-7-4-11(18)8-13(14)19)25(22,23)12-5-2-10(17)3-6-12/h2-9,20H,1H3/b15-9+. The molecule has 0 spiro atoms. The molecule has 2 rings (SSSR count). The molecule has 0 bridgehead atoms. The summed E-state index contributed by atoms with van der Waals surface area (Å²) in [6, 6.07) is 7.77. The molecule has 0 aromatic heterocycles. The number of carbonyl (C=O) groups is 1. The highest BCUT2D eigenvalue weighted by Gasteiger charge is 2.28. The van der Waals surface area contributed by atoms with E-state index in [2.05, 4.69) is 10.1 Å². The molecule has 0 saturated heterocycles. The maximum Gasteiger partial charge on any atom is 0.351 e. The fourth-order valence-electron chi connectivity index (χ4n) is 1.84. The number of methoxy groups -OCH3 is 1. The summed E-state index contributed by atoms with van der Waals surface area (Å²) in [6.07, 6.45) is 0.784. The van der Waals surface area contributed by atoms with Crippen LogP contribution < -0.4 is 5.32 Å². The van der Waals surface area contributed by atoms with Gasteiger partial charge in [-0.2, -0.15) is 0 Å². The van der Waals surface area contributed by atoms with Gasteiger partial charge in [-0.1, -0.05) is 11.6 Å². The third-order valence-corrected chi connectivity index (χ3v) is 5.10. The van der Waals surface area contributed by atoms with E-state index in [0.29, 0.717) is 11.1 Å². The van der Waals surface area contributed by atoms with E-state index in [4.69, 9.17) is 11.6 Å². The Balaban J connectivity index is 2.45. The van der Waals surface area contributed by atoms with Crippen LogP contribution in [0.1, 0.15) is 0 Å². The molecule has 0 saturated carbocycles. The van der Waals surface area contributed by atoms with E-state index in [1.807, 2.05) is 0 Å². The lowest BCUT2D eigenvalue weighted by molar-refractivity contribution is -0.135. The summed E-state index contributed by atoms with van der Waals surface area (Å²) in [4.78, 5) is 10.9. The average Bonchev–Trinajstić information content (AvgIpc) is 2.56. The van der Waals surface area contributed by atoms with E-state index in [9.17, 15) is 22.0 Å². The van der Waals surface area contributed by atoms with Crippen molar-refractivity contribution in [2.45, 2.75) is 4.90 Å². The first-order valence-corrected chi connectivity index (χ1v) is 8.62. The third-order valence-electron chi connectivity index (χ3n) is 3.09. The van der Waals surface area contributed by atoms with Crippen LogP contribution >= 0.6 is 11.6 Å². The van der Waals surface area contributed by atoms with Crippen LogP contribution in [-0.2, 0) is 19.4 Å². The SMILES string of the molecule is COC(=O)/C(=C\Nc1ccc(F)cc1F)S(=O)(=O)c1ccc(Cl)cc1. The van der Waals surface area contributed by atoms with Gasteiger partial charge in [-0.3, -0.25) is 0 Å². The van der Waals surface area contributed by atoms with Gasteiger partial charge in [0.2, 0.25) is 9.84 Å². The van der Waals surface area contributed by atoms with Gasteiger partial charge < -0.3 is 10.1 Å². The molecule has 2 aromatic carbocycles. The zero-order chi connectivity index (χ0) is 18.6. The van der Waals surface area contributed by atoms with Gasteiger partial charge in [0.25, 0.3) is 0 Å². The van der Waals surface area contributed by atoms with Gasteiger partial charge in [-0.15, -0.1) is 0 Å². The molecule has 25 heavy (non-hydrogen) atoms. The first-order chi connectivity index (χ1) is 11.8. The van der Waals surface area contributed by atoms with Crippen molar-refractivity contribution in [1.82, 2.24) is 0 Å². The fraction of sp³-hybridized carbons (Fsp3) is 0.0625. The maximum absolute atomic E-state index is 13.6. The number of anilines is 1. The van der Waals surface area contributed by atoms with Crippen molar-refractivity contribution in [2.75, 3.05) is 12.4 Å². The van der Waals surface area contributed by atoms with E-state index in [-0.39, 0.29) is 10.6 Å². The number of hydrogen-bond acceptors (Lipinski definition) is 5. The normalized spacial score (nSPS) is 11.9. The van der Waals surface area contributed by atoms with Crippen molar-refractivity contribution >= 4 is 33.1 Å². The molecular formula is C16H12ClF2NO4S. The fourth-order valence-corrected chi connectivity index (χ4v) is 3.23. The van der Waals surface area contributed by atoms with Crippen molar-refractivity contribution in [3.8, 4) is 0 Å². The van der Waals surface area contributed by atoms with Crippen molar-refractivity contribution in [2.24, 2.45) is 0 Å². The van der Waals surface area contributed by atoms with E-state index in [0.717, 1.165) is 25.4 Å². The second kappa shape index (κ2) is 7.62. The van der Waals surface area contributed by atoms with E-state index >= 15 is 0 Å². The molecule has 0 radical (unpaired) electrons. The van der Waals surface area contributed by atoms with Crippen LogP contribution in [0.5, 0.6) is 0 Å². The first kappa shape index (κ1) is 18.9. The first-order valence-electron chi connectivity index (χ1n) is 6.76. The minimum absolute atomic E-state index is 0.199. The summed E-state index contributed by atoms with van der Waals surface area (Å²) >= 11 is 5.72. The number of esters is 1. The summed E-state index contributed by atoms with van der Waals surface area (Å²) in [5.41, 5.74) is -0.214. The topological polar surface area (TPSA) is 72.5 Å². The lowest BCUT2D eigenvalue weighted by atomic mass is 10.3. The minimum atomic E-state index is -4.25. The molecule has 0 amide bonds. The highest BCUT2D eigenvalue weighted by Crippen LogP contribution is 2.23. The Morgan fingerprint density at radius 2 is 1.80 bits per heavy atom. The van der Waals surface area contributed by atoms with Gasteiger partial charge in [0.1, 0.15) is 11.6 Å². The zero-order valence-corrected chi connectivity index (χ0v) is 14.4. The number of halogens is 3. The number of nitrogens with one attached hydrogen (secondary N) is 1. The minimum Gasteiger partial charge on any atom is -0.465 e. The van der Waals surface area contributed by atoms with Crippen molar-refractivity contribution in [3.05, 3.63) is 70.2 Å². The number of benzene rings is 2. The summed E-state index contributed by atoms with van der Waals surface area (Å²) in [6.45, 7) is 0. The number of carbonyl (C=O) groups excluding carboxylic acids is 1. The summed E-state index contributed by atoms with van der Waals surface area (Å²) in [5, 5.41) is 2.65. The van der Waals surface area contributed by atoms with Crippen LogP contribution in [-0.4, -0.2) is 21.5 Å². The second-order valence-corrected chi connectivity index (χ2v) is 7.08. The molecule has 9 heteroatoms. The van der Waals surface area contributed by atoms with E-state index in [1.165, 1.54) is 24.3 Å². The predicted molar refractivity (Wildman–Crippen MR) is 88.7 cm³/mol. The summed E-state index contributed by atoms with van der Waals surface area (Å²) < 4.78 is 56.2. The Morgan fingerprint density at radius 1 is 1.16 bits per heavy atom. The Morgan fingerprint density at radius 3 is 2.36 bits per heavy atom. The van der Waals surface area contributed by atoms with Gasteiger partial charge in [0.15, 0.2) is 4.91 Å². The van der Waals surface area contributed by atoms with E-state index < -0.39 is 32.3 Å². The van der Waals surface area contributed by atoms with E-state index in [1.54, 1.807) is 0 Å². The van der Waals surface area contributed by atoms with Gasteiger partial charge in [0, 0.05) is 17.3 Å². The van der Waals surface area contributed by atoms with Crippen molar-refractivity contribution in [1.29, 1.82) is 0 Å². The highest BCUT2D eigenvalue weighted by molar-refractivity contribution is 7.96. The van der Waals surface area contributed by atoms with Crippen molar-refractivity contribution < 1.29 is 26.7 Å². The Bertz CT molecular complexity index is 928. The van der Waals surface area contributed by atoms with Gasteiger partial charge in [-0.25, -0.2) is 22.0 Å². The summed E-state index contributed by atoms with van der Waals surface area (Å²) in [5.74, 6) is -2.90. The third kappa shape index (κ3) is 4.34. The molecule has 0 aliphatic rings. The molecule has 2 aromatic rings. The predicted octanol–water partition coefficient (Wildman–Crippen LogP) is 3.52. The Hall–Kier alpha value is -2.45. The van der Waals surface area contributed by atoms with Crippen LogP contribution in [0.3, 0.4) is 0 Å². The van der Waals surface area contributed by atoms with Crippen LogP contribution in [0, 0.1) is 11.6 Å². The molecule has 0 aliphatic carbocycles. The van der Waals surface area contributed by atoms with Crippen LogP contribution in [0.25, 0.3) is 0 Å². The van der Waals surface area contributed by atoms with Crippen LogP contribution in [0.4, 0.5) is 14.5 Å². The molecule has 0 aliphatic heterocycles.